The molecule has 0 atom stereocenters. The first kappa shape index (κ1) is 17.2. The molecule has 2 aliphatic heterocycles. The zero-order valence-electron chi connectivity index (χ0n) is 14.9. The van der Waals surface area contributed by atoms with Gasteiger partial charge in [0, 0.05) is 24.4 Å². The summed E-state index contributed by atoms with van der Waals surface area (Å²) in [5, 5.41) is 8.70. The number of rotatable bonds is 3. The Bertz CT molecular complexity index is 835. The first-order valence-corrected chi connectivity index (χ1v) is 9.63. The molecule has 4 heterocycles. The van der Waals surface area contributed by atoms with Crippen molar-refractivity contribution >= 4 is 23.2 Å². The molecule has 2 saturated heterocycles. The molecule has 2 aromatic rings. The van der Waals surface area contributed by atoms with E-state index in [1.54, 1.807) is 18.4 Å². The fourth-order valence-corrected chi connectivity index (χ4v) is 4.81. The topological polar surface area (TPSA) is 78.5 Å². The summed E-state index contributed by atoms with van der Waals surface area (Å²) in [7, 11) is 1.54. The molecule has 4 rings (SSSR count). The number of carbonyl (C=O) groups is 2. The second kappa shape index (κ2) is 6.51. The summed E-state index contributed by atoms with van der Waals surface area (Å²) in [6.07, 6.45) is 2.79. The maximum Gasteiger partial charge on any atom is 0.274 e. The third-order valence-electron chi connectivity index (χ3n) is 5.43. The maximum atomic E-state index is 12.8. The van der Waals surface area contributed by atoms with Crippen LogP contribution in [0.4, 0.5) is 0 Å². The molecule has 0 aliphatic carbocycles. The van der Waals surface area contributed by atoms with Crippen LogP contribution in [0.15, 0.2) is 18.2 Å². The van der Waals surface area contributed by atoms with Crippen molar-refractivity contribution in [1.82, 2.24) is 20.2 Å². The lowest BCUT2D eigenvalue weighted by Crippen LogP contribution is -2.53. The van der Waals surface area contributed by atoms with Gasteiger partial charge in [-0.25, -0.2) is 5.06 Å². The Morgan fingerprint density at radius 3 is 2.73 bits per heavy atom. The van der Waals surface area contributed by atoms with Gasteiger partial charge in [-0.1, -0.05) is 0 Å². The fraction of sp³-hybridized carbons (Fsp3) is 0.500. The van der Waals surface area contributed by atoms with Crippen LogP contribution in [-0.2, 0) is 9.63 Å². The maximum absolute atomic E-state index is 12.8. The molecular weight excluding hydrogens is 352 g/mol. The monoisotopic (exact) mass is 374 g/mol. The Kier molecular flexibility index (Phi) is 4.32. The molecule has 0 aromatic carbocycles. The minimum atomic E-state index is -0.256. The zero-order chi connectivity index (χ0) is 18.3. The smallest absolute Gasteiger partial charge is 0.274 e. The van der Waals surface area contributed by atoms with E-state index >= 15 is 0 Å². The summed E-state index contributed by atoms with van der Waals surface area (Å²) in [4.78, 5) is 34.2. The van der Waals surface area contributed by atoms with E-state index in [0.29, 0.717) is 25.2 Å². The standard InChI is InChI=1S/C18H22N4O3S/c1-12-3-4-15(26-12)13-11-14(20-19-13)17(24)21-9-7-18(8-10-21)6-5-16(23)22(18)25-2/h3-4,11H,5-10H2,1-2H3,(H,19,20). The highest BCUT2D eigenvalue weighted by molar-refractivity contribution is 7.15. The minimum Gasteiger partial charge on any atom is -0.337 e. The average molecular weight is 374 g/mol. The van der Waals surface area contributed by atoms with Crippen LogP contribution < -0.4 is 0 Å². The van der Waals surface area contributed by atoms with Gasteiger partial charge in [0.1, 0.15) is 0 Å². The quantitative estimate of drug-likeness (QED) is 0.896. The van der Waals surface area contributed by atoms with Crippen LogP contribution in [0, 0.1) is 6.92 Å². The van der Waals surface area contributed by atoms with Gasteiger partial charge in [0.15, 0.2) is 5.69 Å². The van der Waals surface area contributed by atoms with Gasteiger partial charge >= 0.3 is 0 Å². The number of nitrogens with zero attached hydrogens (tertiary/aromatic N) is 3. The van der Waals surface area contributed by atoms with Crippen LogP contribution in [0.1, 0.15) is 41.0 Å². The van der Waals surface area contributed by atoms with E-state index in [2.05, 4.69) is 23.2 Å². The number of aromatic amines is 1. The lowest BCUT2D eigenvalue weighted by Gasteiger charge is -2.43. The van der Waals surface area contributed by atoms with Gasteiger partial charge < -0.3 is 4.90 Å². The van der Waals surface area contributed by atoms with Crippen molar-refractivity contribution in [2.45, 2.75) is 38.1 Å². The summed E-state index contributed by atoms with van der Waals surface area (Å²) in [5.41, 5.74) is 1.05. The second-order valence-electron chi connectivity index (χ2n) is 6.96. The molecule has 0 bridgehead atoms. The van der Waals surface area contributed by atoms with Crippen molar-refractivity contribution in [2.24, 2.45) is 0 Å². The number of aromatic nitrogens is 2. The van der Waals surface area contributed by atoms with E-state index in [1.165, 1.54) is 9.94 Å². The van der Waals surface area contributed by atoms with Crippen molar-refractivity contribution in [1.29, 1.82) is 0 Å². The average Bonchev–Trinajstić information content (AvgIpc) is 3.35. The number of H-pyrrole nitrogens is 1. The highest BCUT2D eigenvalue weighted by Crippen LogP contribution is 2.39. The van der Waals surface area contributed by atoms with Crippen molar-refractivity contribution in [3.8, 4) is 10.6 Å². The molecule has 138 valence electrons. The molecule has 8 heteroatoms. The van der Waals surface area contributed by atoms with E-state index in [9.17, 15) is 9.59 Å². The predicted molar refractivity (Wildman–Crippen MR) is 97.6 cm³/mol. The van der Waals surface area contributed by atoms with E-state index in [0.717, 1.165) is 29.8 Å². The number of amides is 2. The van der Waals surface area contributed by atoms with Gasteiger partial charge in [-0.3, -0.25) is 19.5 Å². The van der Waals surface area contributed by atoms with Gasteiger partial charge in [-0.05, 0) is 44.4 Å². The van der Waals surface area contributed by atoms with Gasteiger partial charge in [0.25, 0.3) is 5.91 Å². The Hall–Kier alpha value is -2.19. The molecule has 7 nitrogen and oxygen atoms in total. The number of hydrogen-bond donors (Lipinski definition) is 1. The van der Waals surface area contributed by atoms with Crippen molar-refractivity contribution < 1.29 is 14.4 Å². The van der Waals surface area contributed by atoms with Crippen LogP contribution >= 0.6 is 11.3 Å². The minimum absolute atomic E-state index is 0.0375. The third-order valence-corrected chi connectivity index (χ3v) is 6.46. The number of nitrogens with one attached hydrogen (secondary N) is 1. The van der Waals surface area contributed by atoms with E-state index in [-0.39, 0.29) is 17.4 Å². The molecule has 26 heavy (non-hydrogen) atoms. The van der Waals surface area contributed by atoms with Crippen LogP contribution in [0.2, 0.25) is 0 Å². The van der Waals surface area contributed by atoms with Gasteiger partial charge in [0.2, 0.25) is 5.91 Å². The Labute approximate surface area is 155 Å². The van der Waals surface area contributed by atoms with Crippen LogP contribution in [0.25, 0.3) is 10.6 Å². The highest BCUT2D eigenvalue weighted by Gasteiger charge is 2.48. The van der Waals surface area contributed by atoms with E-state index in [1.807, 2.05) is 17.0 Å². The first-order valence-electron chi connectivity index (χ1n) is 8.81. The molecule has 2 aromatic heterocycles. The normalized spacial score (nSPS) is 19.5. The van der Waals surface area contributed by atoms with Gasteiger partial charge in [-0.15, -0.1) is 11.3 Å². The number of likely N-dealkylation sites (tertiary alicyclic amines) is 1. The second-order valence-corrected chi connectivity index (χ2v) is 8.25. The van der Waals surface area contributed by atoms with E-state index < -0.39 is 0 Å². The summed E-state index contributed by atoms with van der Waals surface area (Å²) in [5.74, 6) is -0.0284. The number of aryl methyl sites for hydroxylation is 1. The molecule has 1 spiro atoms. The highest BCUT2D eigenvalue weighted by atomic mass is 32.1. The van der Waals surface area contributed by atoms with Crippen LogP contribution in [-0.4, -0.2) is 57.7 Å². The predicted octanol–water partition coefficient (Wildman–Crippen LogP) is 2.61. The molecule has 1 N–H and O–H groups in total. The lowest BCUT2D eigenvalue weighted by molar-refractivity contribution is -0.201. The number of piperidine rings is 1. The molecule has 2 aliphatic rings. The molecule has 0 saturated carbocycles. The number of thiophene rings is 1. The number of carbonyl (C=O) groups excluding carboxylic acids is 2. The van der Waals surface area contributed by atoms with Gasteiger partial charge in [0.05, 0.1) is 23.2 Å². The van der Waals surface area contributed by atoms with Crippen LogP contribution in [0.5, 0.6) is 0 Å². The van der Waals surface area contributed by atoms with Crippen molar-refractivity contribution in [2.75, 3.05) is 20.2 Å². The fourth-order valence-electron chi connectivity index (χ4n) is 3.98. The Morgan fingerprint density at radius 1 is 1.31 bits per heavy atom. The third kappa shape index (κ3) is 2.83. The lowest BCUT2D eigenvalue weighted by atomic mass is 9.86. The van der Waals surface area contributed by atoms with Gasteiger partial charge in [-0.2, -0.15) is 5.10 Å². The van der Waals surface area contributed by atoms with E-state index in [4.69, 9.17) is 4.84 Å². The Morgan fingerprint density at radius 2 is 2.08 bits per heavy atom. The SMILES string of the molecule is CON1C(=O)CCC12CCN(C(=O)c1cc(-c3ccc(C)s3)[nH]n1)CC2. The summed E-state index contributed by atoms with van der Waals surface area (Å²) in [6, 6.07) is 5.90. The molecule has 0 radical (unpaired) electrons. The molecular formula is C18H22N4O3S. The largest absolute Gasteiger partial charge is 0.337 e. The number of hydrogen-bond acceptors (Lipinski definition) is 5. The first-order chi connectivity index (χ1) is 12.5. The summed E-state index contributed by atoms with van der Waals surface area (Å²) >= 11 is 1.67. The summed E-state index contributed by atoms with van der Waals surface area (Å²) < 4.78 is 0. The zero-order valence-corrected chi connectivity index (χ0v) is 15.8. The molecule has 0 unspecified atom stereocenters. The molecule has 2 amide bonds. The molecule has 2 fully saturated rings. The van der Waals surface area contributed by atoms with Crippen molar-refractivity contribution in [3.63, 3.8) is 0 Å². The van der Waals surface area contributed by atoms with Crippen LogP contribution in [0.3, 0.4) is 0 Å². The van der Waals surface area contributed by atoms with Crippen molar-refractivity contribution in [3.05, 3.63) is 28.8 Å². The Balaban J connectivity index is 1.44. The number of hydroxylamine groups is 2. The summed E-state index contributed by atoms with van der Waals surface area (Å²) in [6.45, 7) is 3.26.